The maximum atomic E-state index is 12.9. The van der Waals surface area contributed by atoms with Gasteiger partial charge in [-0.25, -0.2) is 9.37 Å². The van der Waals surface area contributed by atoms with Gasteiger partial charge in [0.2, 0.25) is 0 Å². The van der Waals surface area contributed by atoms with Crippen LogP contribution >= 0.6 is 11.8 Å². The number of fused-ring (bicyclic) bond motifs is 1. The van der Waals surface area contributed by atoms with Crippen molar-refractivity contribution in [2.45, 2.75) is 16.5 Å². The minimum atomic E-state index is -0.238. The summed E-state index contributed by atoms with van der Waals surface area (Å²) < 4.78 is 14.9. The normalized spacial score (nSPS) is 11.1. The van der Waals surface area contributed by atoms with E-state index in [9.17, 15) is 4.39 Å². The first-order valence-electron chi connectivity index (χ1n) is 5.87. The summed E-state index contributed by atoms with van der Waals surface area (Å²) in [5.74, 6) is -0.238. The van der Waals surface area contributed by atoms with Crippen LogP contribution in [0.1, 0.15) is 5.69 Å². The molecule has 0 unspecified atom stereocenters. The lowest BCUT2D eigenvalue weighted by Crippen LogP contribution is -2.01. The number of nitrogens with two attached hydrogens (primary N) is 1. The van der Waals surface area contributed by atoms with E-state index >= 15 is 0 Å². The van der Waals surface area contributed by atoms with Gasteiger partial charge in [-0.1, -0.05) is 17.8 Å². The highest BCUT2D eigenvalue weighted by Gasteiger charge is 2.11. The second kappa shape index (κ2) is 5.03. The molecule has 0 aliphatic carbocycles. The molecule has 0 aliphatic rings. The second-order valence-corrected chi connectivity index (χ2v) is 5.11. The Morgan fingerprint density at radius 2 is 1.95 bits per heavy atom. The van der Waals surface area contributed by atoms with Gasteiger partial charge in [-0.3, -0.25) is 0 Å². The summed E-state index contributed by atoms with van der Waals surface area (Å²) >= 11 is 1.49. The molecule has 3 nitrogen and oxygen atoms in total. The fraction of sp³-hybridized carbons (Fsp3) is 0.0714. The van der Waals surface area contributed by atoms with E-state index in [1.807, 2.05) is 28.8 Å². The Bertz CT molecular complexity index is 706. The average molecular weight is 273 g/mol. The second-order valence-electron chi connectivity index (χ2n) is 4.05. The minimum absolute atomic E-state index is 0.238. The van der Waals surface area contributed by atoms with Gasteiger partial charge in [0.1, 0.15) is 16.5 Å². The summed E-state index contributed by atoms with van der Waals surface area (Å²) in [7, 11) is 0. The van der Waals surface area contributed by atoms with E-state index in [2.05, 4.69) is 4.98 Å². The van der Waals surface area contributed by atoms with Crippen LogP contribution < -0.4 is 5.73 Å². The highest BCUT2D eigenvalue weighted by atomic mass is 32.2. The molecule has 2 N–H and O–H groups in total. The third-order valence-corrected chi connectivity index (χ3v) is 3.84. The molecular weight excluding hydrogens is 261 g/mol. The number of halogens is 1. The predicted molar refractivity (Wildman–Crippen MR) is 73.6 cm³/mol. The Kier molecular flexibility index (Phi) is 3.23. The first kappa shape index (κ1) is 12.2. The number of pyridine rings is 1. The smallest absolute Gasteiger partial charge is 0.138 e. The monoisotopic (exact) mass is 273 g/mol. The van der Waals surface area contributed by atoms with Crippen LogP contribution in [-0.2, 0) is 6.54 Å². The molecule has 3 rings (SSSR count). The van der Waals surface area contributed by atoms with E-state index in [-0.39, 0.29) is 5.82 Å². The molecule has 2 heterocycles. The molecule has 0 atom stereocenters. The Labute approximate surface area is 114 Å². The van der Waals surface area contributed by atoms with Gasteiger partial charge in [0, 0.05) is 17.6 Å². The number of rotatable bonds is 3. The number of imidazole rings is 1. The summed E-state index contributed by atoms with van der Waals surface area (Å²) in [6.07, 6.45) is 1.94. The average Bonchev–Trinajstić information content (AvgIpc) is 2.78. The molecule has 0 saturated carbocycles. The van der Waals surface area contributed by atoms with Crippen molar-refractivity contribution in [2.24, 2.45) is 5.73 Å². The van der Waals surface area contributed by atoms with E-state index in [0.29, 0.717) is 6.54 Å². The van der Waals surface area contributed by atoms with Crippen molar-refractivity contribution in [3.8, 4) is 0 Å². The minimum Gasteiger partial charge on any atom is -0.325 e. The van der Waals surface area contributed by atoms with E-state index < -0.39 is 0 Å². The number of nitrogens with zero attached hydrogens (tertiary/aromatic N) is 2. The quantitative estimate of drug-likeness (QED) is 0.797. The summed E-state index contributed by atoms with van der Waals surface area (Å²) in [6, 6.07) is 12.2. The van der Waals surface area contributed by atoms with Gasteiger partial charge in [-0.15, -0.1) is 0 Å². The number of hydrogen-bond donors (Lipinski definition) is 1. The van der Waals surface area contributed by atoms with Gasteiger partial charge in [0.05, 0.1) is 5.69 Å². The van der Waals surface area contributed by atoms with Crippen molar-refractivity contribution in [1.82, 2.24) is 9.38 Å². The van der Waals surface area contributed by atoms with Crippen LogP contribution in [0.4, 0.5) is 4.39 Å². The molecule has 19 heavy (non-hydrogen) atoms. The van der Waals surface area contributed by atoms with Crippen molar-refractivity contribution in [3.05, 3.63) is 60.2 Å². The molecule has 2 aromatic heterocycles. The standard InChI is InChI=1S/C14H12FN3S/c15-10-4-6-11(7-5-10)19-14-12(9-16)18-8-2-1-3-13(18)17-14/h1-8H,9,16H2. The van der Waals surface area contributed by atoms with Gasteiger partial charge >= 0.3 is 0 Å². The summed E-state index contributed by atoms with van der Waals surface area (Å²) in [4.78, 5) is 5.50. The highest BCUT2D eigenvalue weighted by Crippen LogP contribution is 2.30. The van der Waals surface area contributed by atoms with Crippen LogP contribution in [0.25, 0.3) is 5.65 Å². The number of hydrogen-bond acceptors (Lipinski definition) is 3. The van der Waals surface area contributed by atoms with Crippen molar-refractivity contribution < 1.29 is 4.39 Å². The highest BCUT2D eigenvalue weighted by molar-refractivity contribution is 7.99. The van der Waals surface area contributed by atoms with Gasteiger partial charge in [-0.2, -0.15) is 0 Å². The maximum absolute atomic E-state index is 12.9. The first-order chi connectivity index (χ1) is 9.28. The fourth-order valence-corrected chi connectivity index (χ4v) is 2.84. The van der Waals surface area contributed by atoms with Crippen molar-refractivity contribution in [1.29, 1.82) is 0 Å². The lowest BCUT2D eigenvalue weighted by Gasteiger charge is -2.02. The molecule has 5 heteroatoms. The van der Waals surface area contributed by atoms with Crippen LogP contribution in [0.3, 0.4) is 0 Å². The van der Waals surface area contributed by atoms with Gasteiger partial charge in [0.15, 0.2) is 0 Å². The molecule has 3 aromatic rings. The summed E-state index contributed by atoms with van der Waals surface area (Å²) in [6.45, 7) is 0.411. The zero-order valence-electron chi connectivity index (χ0n) is 10.1. The van der Waals surface area contributed by atoms with Crippen LogP contribution in [-0.4, -0.2) is 9.38 Å². The third kappa shape index (κ3) is 2.34. The maximum Gasteiger partial charge on any atom is 0.138 e. The van der Waals surface area contributed by atoms with Crippen LogP contribution in [0.5, 0.6) is 0 Å². The molecule has 0 aliphatic heterocycles. The molecule has 0 bridgehead atoms. The van der Waals surface area contributed by atoms with Crippen LogP contribution in [0.15, 0.2) is 58.6 Å². The fourth-order valence-electron chi connectivity index (χ4n) is 1.91. The molecule has 0 saturated heterocycles. The number of benzene rings is 1. The Hall–Kier alpha value is -1.85. The Morgan fingerprint density at radius 1 is 1.16 bits per heavy atom. The molecule has 96 valence electrons. The number of aromatic nitrogens is 2. The van der Waals surface area contributed by atoms with Gasteiger partial charge < -0.3 is 10.1 Å². The zero-order chi connectivity index (χ0) is 13.2. The van der Waals surface area contributed by atoms with Crippen LogP contribution in [0.2, 0.25) is 0 Å². The Morgan fingerprint density at radius 3 is 2.68 bits per heavy atom. The van der Waals surface area contributed by atoms with Gasteiger partial charge in [-0.05, 0) is 36.4 Å². The first-order valence-corrected chi connectivity index (χ1v) is 6.69. The molecular formula is C14H12FN3S. The van der Waals surface area contributed by atoms with Crippen molar-refractivity contribution in [2.75, 3.05) is 0 Å². The molecule has 0 radical (unpaired) electrons. The van der Waals surface area contributed by atoms with E-state index in [4.69, 9.17) is 5.73 Å². The molecule has 0 fully saturated rings. The third-order valence-electron chi connectivity index (χ3n) is 2.81. The molecule has 1 aromatic carbocycles. The summed E-state index contributed by atoms with van der Waals surface area (Å²) in [5, 5.41) is 0.861. The Balaban J connectivity index is 2.02. The lowest BCUT2D eigenvalue weighted by molar-refractivity contribution is 0.626. The SMILES string of the molecule is NCc1c(Sc2ccc(F)cc2)nc2ccccn12. The van der Waals surface area contributed by atoms with E-state index in [1.165, 1.54) is 23.9 Å². The largest absolute Gasteiger partial charge is 0.325 e. The lowest BCUT2D eigenvalue weighted by atomic mass is 10.4. The van der Waals surface area contributed by atoms with E-state index in [0.717, 1.165) is 21.3 Å². The molecule has 0 spiro atoms. The van der Waals surface area contributed by atoms with Gasteiger partial charge in [0.25, 0.3) is 0 Å². The zero-order valence-corrected chi connectivity index (χ0v) is 10.9. The van der Waals surface area contributed by atoms with Crippen molar-refractivity contribution in [3.63, 3.8) is 0 Å². The predicted octanol–water partition coefficient (Wildman–Crippen LogP) is 3.08. The molecule has 0 amide bonds. The van der Waals surface area contributed by atoms with E-state index in [1.54, 1.807) is 12.1 Å². The van der Waals surface area contributed by atoms with Crippen molar-refractivity contribution >= 4 is 17.4 Å². The van der Waals surface area contributed by atoms with Crippen LogP contribution in [0, 0.1) is 5.82 Å². The summed E-state index contributed by atoms with van der Waals surface area (Å²) in [5.41, 5.74) is 7.64. The topological polar surface area (TPSA) is 43.3 Å².